The predicted octanol–water partition coefficient (Wildman–Crippen LogP) is 14.2. The molecule has 12 aromatic rings. The molecule has 0 saturated heterocycles. The van der Waals surface area contributed by atoms with Crippen LogP contribution in [0, 0.1) is 11.3 Å². The summed E-state index contributed by atoms with van der Waals surface area (Å²) in [4.78, 5) is 0. The van der Waals surface area contributed by atoms with E-state index in [1.807, 2.05) is 91.0 Å². The highest BCUT2D eigenvalue weighted by molar-refractivity contribution is 6.26. The Morgan fingerprint density at radius 1 is 0.466 bits per heavy atom. The molecule has 8 heteroatoms. The quantitative estimate of drug-likeness (QED) is 0.180. The van der Waals surface area contributed by atoms with Crippen LogP contribution in [0.3, 0.4) is 0 Å². The summed E-state index contributed by atoms with van der Waals surface area (Å²) in [7, 11) is 0. The van der Waals surface area contributed by atoms with Crippen LogP contribution < -0.4 is 0 Å². The van der Waals surface area contributed by atoms with Crippen molar-refractivity contribution in [2.75, 3.05) is 0 Å². The van der Waals surface area contributed by atoms with Gasteiger partial charge in [-0.05, 0) is 78.4 Å². The van der Waals surface area contributed by atoms with Gasteiger partial charge in [0.2, 0.25) is 0 Å². The predicted molar refractivity (Wildman–Crippen MR) is 225 cm³/mol. The van der Waals surface area contributed by atoms with E-state index in [1.54, 1.807) is 6.07 Å². The summed E-state index contributed by atoms with van der Waals surface area (Å²) in [6.07, 6.45) is -4.58. The molecule has 274 valence electrons. The molecule has 0 aliphatic carbocycles. The van der Waals surface area contributed by atoms with Gasteiger partial charge < -0.3 is 18.0 Å². The molecule has 0 aliphatic heterocycles. The summed E-state index contributed by atoms with van der Waals surface area (Å²) in [5.41, 5.74) is 7.88. The molecule has 0 aliphatic rings. The maximum atomic E-state index is 14.2. The monoisotopic (exact) mass is 757 g/mol. The lowest BCUT2D eigenvalue weighted by molar-refractivity contribution is -0.137. The first-order valence-electron chi connectivity index (χ1n) is 18.8. The third-order valence-corrected chi connectivity index (χ3v) is 11.6. The summed E-state index contributed by atoms with van der Waals surface area (Å²) in [6.45, 7) is 0. The Hall–Kier alpha value is -7.76. The minimum absolute atomic E-state index is 0.230. The van der Waals surface area contributed by atoms with Crippen LogP contribution in [0.4, 0.5) is 13.2 Å². The van der Waals surface area contributed by atoms with Crippen LogP contribution in [-0.4, -0.2) is 9.13 Å². The van der Waals surface area contributed by atoms with Gasteiger partial charge in [0.15, 0.2) is 0 Å². The van der Waals surface area contributed by atoms with Crippen molar-refractivity contribution in [3.63, 3.8) is 0 Å². The van der Waals surface area contributed by atoms with E-state index >= 15 is 0 Å². The maximum absolute atomic E-state index is 14.2. The molecule has 0 unspecified atom stereocenters. The Morgan fingerprint density at radius 2 is 0.966 bits per heavy atom. The number of hydrogen-bond donors (Lipinski definition) is 0. The number of halogens is 3. The average Bonchev–Trinajstić information content (AvgIpc) is 4.00. The van der Waals surface area contributed by atoms with E-state index in [0.717, 1.165) is 88.5 Å². The van der Waals surface area contributed by atoms with Gasteiger partial charge in [0, 0.05) is 37.9 Å². The van der Waals surface area contributed by atoms with Crippen LogP contribution >= 0.6 is 0 Å². The molecular formula is C50H26F3N3O2. The van der Waals surface area contributed by atoms with Crippen molar-refractivity contribution in [2.24, 2.45) is 0 Å². The van der Waals surface area contributed by atoms with Gasteiger partial charge in [-0.3, -0.25) is 0 Å². The highest BCUT2D eigenvalue weighted by Crippen LogP contribution is 2.46. The van der Waals surface area contributed by atoms with Gasteiger partial charge in [0.25, 0.3) is 0 Å². The number of rotatable bonds is 3. The van der Waals surface area contributed by atoms with Crippen LogP contribution in [-0.2, 0) is 6.18 Å². The zero-order valence-corrected chi connectivity index (χ0v) is 30.3. The molecule has 58 heavy (non-hydrogen) atoms. The molecular weight excluding hydrogens is 732 g/mol. The third-order valence-electron chi connectivity index (χ3n) is 11.6. The SMILES string of the molecule is N#Cc1cc(-n2c3ccccc3c3ccc4oc5ccccc5c4c32)c(-n2c3ccccc3c3ccc4oc5ccccc5c4c32)cc1-c1cccc(C(F)(F)F)c1. The fourth-order valence-electron chi connectivity index (χ4n) is 9.16. The van der Waals surface area contributed by atoms with E-state index in [2.05, 4.69) is 57.7 Å². The van der Waals surface area contributed by atoms with E-state index in [-0.39, 0.29) is 11.1 Å². The molecule has 5 nitrogen and oxygen atoms in total. The molecule has 12 rings (SSSR count). The molecule has 0 amide bonds. The van der Waals surface area contributed by atoms with E-state index in [1.165, 1.54) is 6.07 Å². The van der Waals surface area contributed by atoms with Crippen LogP contribution in [0.1, 0.15) is 11.1 Å². The molecule has 4 aromatic heterocycles. The van der Waals surface area contributed by atoms with Crippen molar-refractivity contribution < 1.29 is 22.0 Å². The zero-order chi connectivity index (χ0) is 38.9. The molecule has 0 bridgehead atoms. The van der Waals surface area contributed by atoms with Gasteiger partial charge >= 0.3 is 6.18 Å². The first-order chi connectivity index (χ1) is 28.4. The standard InChI is InChI=1S/C50H26F3N3O2/c51-50(52,53)30-11-9-10-28(24-30)37-26-41(56-39-17-6-2-13-32(39)34-21-23-45-47(49(34)56)36-15-4-8-19-43(36)58-45)40(25-29(37)27-54)55-38-16-5-1-12-31(38)33-20-22-44-46(48(33)55)35-14-3-7-18-42(35)57-44/h1-26H. The Kier molecular flexibility index (Phi) is 6.52. The van der Waals surface area contributed by atoms with Gasteiger partial charge in [-0.15, -0.1) is 0 Å². The normalized spacial score (nSPS) is 12.4. The molecule has 0 N–H and O–H groups in total. The topological polar surface area (TPSA) is 59.9 Å². The lowest BCUT2D eigenvalue weighted by Gasteiger charge is -2.20. The first-order valence-corrected chi connectivity index (χ1v) is 18.8. The fourth-order valence-corrected chi connectivity index (χ4v) is 9.16. The van der Waals surface area contributed by atoms with Gasteiger partial charge in [0.05, 0.1) is 61.4 Å². The van der Waals surface area contributed by atoms with Crippen LogP contribution in [0.2, 0.25) is 0 Å². The number of nitrogens with zero attached hydrogens (tertiary/aromatic N) is 3. The number of alkyl halides is 3. The van der Waals surface area contributed by atoms with Crippen LogP contribution in [0.5, 0.6) is 0 Å². The van der Waals surface area contributed by atoms with Gasteiger partial charge in [-0.1, -0.05) is 84.9 Å². The number of hydrogen-bond acceptors (Lipinski definition) is 3. The Morgan fingerprint density at radius 3 is 1.50 bits per heavy atom. The summed E-state index contributed by atoms with van der Waals surface area (Å²) < 4.78 is 60.0. The molecule has 0 saturated carbocycles. The van der Waals surface area contributed by atoms with Gasteiger partial charge in [-0.25, -0.2) is 0 Å². The molecule has 0 radical (unpaired) electrons. The first kappa shape index (κ1) is 32.5. The minimum Gasteiger partial charge on any atom is -0.456 e. The number of aromatic nitrogens is 2. The molecule has 4 heterocycles. The highest BCUT2D eigenvalue weighted by Gasteiger charge is 2.31. The van der Waals surface area contributed by atoms with Crippen molar-refractivity contribution in [3.05, 3.63) is 169 Å². The second-order valence-corrected chi connectivity index (χ2v) is 14.6. The molecule has 8 aromatic carbocycles. The minimum atomic E-state index is -4.58. The van der Waals surface area contributed by atoms with Crippen molar-refractivity contribution in [1.29, 1.82) is 5.26 Å². The Balaban J connectivity index is 1.32. The Labute approximate surface area is 326 Å². The number of nitriles is 1. The number of benzene rings is 8. The lowest BCUT2D eigenvalue weighted by atomic mass is 9.96. The highest BCUT2D eigenvalue weighted by atomic mass is 19.4. The van der Waals surface area contributed by atoms with Crippen molar-refractivity contribution in [1.82, 2.24) is 9.13 Å². The summed E-state index contributed by atoms with van der Waals surface area (Å²) in [6, 6.07) is 51.6. The second kappa shape index (κ2) is 11.6. The largest absolute Gasteiger partial charge is 0.456 e. The molecule has 0 atom stereocenters. The van der Waals surface area contributed by atoms with E-state index in [4.69, 9.17) is 8.83 Å². The third kappa shape index (κ3) is 4.41. The van der Waals surface area contributed by atoms with Crippen LogP contribution in [0.15, 0.2) is 167 Å². The maximum Gasteiger partial charge on any atom is 0.416 e. The lowest BCUT2D eigenvalue weighted by Crippen LogP contribution is -2.07. The molecule has 0 fully saturated rings. The number of fused-ring (bicyclic) bond motifs is 14. The van der Waals surface area contributed by atoms with Crippen LogP contribution in [0.25, 0.3) is 110 Å². The fraction of sp³-hybridized carbons (Fsp3) is 0.0200. The zero-order valence-electron chi connectivity index (χ0n) is 30.3. The summed E-state index contributed by atoms with van der Waals surface area (Å²) in [5, 5.41) is 18.6. The Bertz CT molecular complexity index is 3760. The van der Waals surface area contributed by atoms with Crippen molar-refractivity contribution in [2.45, 2.75) is 6.18 Å². The van der Waals surface area contributed by atoms with Crippen molar-refractivity contribution in [3.8, 4) is 28.6 Å². The average molecular weight is 758 g/mol. The summed E-state index contributed by atoms with van der Waals surface area (Å²) in [5.74, 6) is 0. The van der Waals surface area contributed by atoms with Gasteiger partial charge in [0.1, 0.15) is 22.3 Å². The number of para-hydroxylation sites is 4. The molecule has 0 spiro atoms. The van der Waals surface area contributed by atoms with Gasteiger partial charge in [-0.2, -0.15) is 18.4 Å². The second-order valence-electron chi connectivity index (χ2n) is 14.6. The van der Waals surface area contributed by atoms with E-state index < -0.39 is 11.7 Å². The van der Waals surface area contributed by atoms with Crippen molar-refractivity contribution >= 4 is 87.5 Å². The number of furan rings is 2. The summed E-state index contributed by atoms with van der Waals surface area (Å²) >= 11 is 0. The van der Waals surface area contributed by atoms with E-state index in [0.29, 0.717) is 28.1 Å². The van der Waals surface area contributed by atoms with E-state index in [9.17, 15) is 18.4 Å². The smallest absolute Gasteiger partial charge is 0.416 e.